The molecule has 2 aromatic rings. The highest BCUT2D eigenvalue weighted by Crippen LogP contribution is 2.24. The van der Waals surface area contributed by atoms with Gasteiger partial charge >= 0.3 is 0 Å². The van der Waals surface area contributed by atoms with Gasteiger partial charge in [0.05, 0.1) is 18.6 Å². The molecule has 1 amide bonds. The number of nitrogens with one attached hydrogen (secondary N) is 2. The monoisotopic (exact) mass is 401 g/mol. The van der Waals surface area contributed by atoms with Crippen LogP contribution in [0.2, 0.25) is 0 Å². The normalized spacial score (nSPS) is 16.0. The summed E-state index contributed by atoms with van der Waals surface area (Å²) < 4.78 is 11.1. The largest absolute Gasteiger partial charge is 0.469 e. The maximum Gasteiger partial charge on any atom is 0.243 e. The second-order valence-corrected chi connectivity index (χ2v) is 7.36. The summed E-state index contributed by atoms with van der Waals surface area (Å²) in [6, 6.07) is 7.89. The molecule has 1 saturated heterocycles. The molecule has 2 N–H and O–H groups in total. The van der Waals surface area contributed by atoms with Crippen LogP contribution in [0.5, 0.6) is 0 Å². The Balaban J connectivity index is 1.61. The molecule has 0 aromatic carbocycles. The second-order valence-electron chi connectivity index (χ2n) is 7.36. The van der Waals surface area contributed by atoms with Crippen LogP contribution in [-0.2, 0) is 11.2 Å². The molecule has 0 aliphatic carbocycles. The first-order valence-electron chi connectivity index (χ1n) is 10.2. The van der Waals surface area contributed by atoms with Crippen LogP contribution in [0.1, 0.15) is 30.4 Å². The van der Waals surface area contributed by atoms with E-state index in [4.69, 9.17) is 8.83 Å². The summed E-state index contributed by atoms with van der Waals surface area (Å²) in [5.74, 6) is 2.42. The third-order valence-corrected chi connectivity index (χ3v) is 5.03. The first kappa shape index (κ1) is 21.0. The summed E-state index contributed by atoms with van der Waals surface area (Å²) >= 11 is 0. The zero-order valence-electron chi connectivity index (χ0n) is 17.3. The van der Waals surface area contributed by atoms with Crippen molar-refractivity contribution < 1.29 is 13.6 Å². The molecule has 0 radical (unpaired) electrons. The van der Waals surface area contributed by atoms with Crippen molar-refractivity contribution in [3.63, 3.8) is 0 Å². The Morgan fingerprint density at radius 1 is 1.17 bits per heavy atom. The number of carbonyl (C=O) groups is 1. The Morgan fingerprint density at radius 3 is 2.59 bits per heavy atom. The van der Waals surface area contributed by atoms with Crippen molar-refractivity contribution in [2.24, 2.45) is 4.99 Å². The minimum atomic E-state index is -0.0423. The molecule has 1 aliphatic heterocycles. The molecule has 1 unspecified atom stereocenters. The van der Waals surface area contributed by atoms with Crippen LogP contribution in [0.3, 0.4) is 0 Å². The molecule has 29 heavy (non-hydrogen) atoms. The fourth-order valence-corrected chi connectivity index (χ4v) is 3.36. The summed E-state index contributed by atoms with van der Waals surface area (Å²) in [4.78, 5) is 20.4. The molecular formula is C21H31N5O3. The number of furan rings is 2. The number of hydrogen-bond acceptors (Lipinski definition) is 5. The van der Waals surface area contributed by atoms with Crippen LogP contribution in [0, 0.1) is 0 Å². The van der Waals surface area contributed by atoms with Crippen molar-refractivity contribution >= 4 is 11.9 Å². The van der Waals surface area contributed by atoms with Gasteiger partial charge in [-0.3, -0.25) is 9.69 Å². The van der Waals surface area contributed by atoms with Gasteiger partial charge in [0.15, 0.2) is 5.96 Å². The molecule has 2 aromatic heterocycles. The van der Waals surface area contributed by atoms with Crippen molar-refractivity contribution in [1.82, 2.24) is 20.4 Å². The maximum atomic E-state index is 12.0. The van der Waals surface area contributed by atoms with E-state index in [-0.39, 0.29) is 18.5 Å². The zero-order chi connectivity index (χ0) is 20.5. The van der Waals surface area contributed by atoms with Crippen LogP contribution in [-0.4, -0.2) is 68.5 Å². The molecule has 0 spiro atoms. The Hall–Kier alpha value is -2.74. The van der Waals surface area contributed by atoms with Crippen LogP contribution in [0.25, 0.3) is 0 Å². The third-order valence-electron chi connectivity index (χ3n) is 5.03. The Bertz CT molecular complexity index is 749. The number of likely N-dealkylation sites (N-methyl/N-ethyl adjacent to an activating group) is 1. The van der Waals surface area contributed by atoms with Crippen molar-refractivity contribution in [2.45, 2.75) is 25.3 Å². The molecule has 1 atom stereocenters. The summed E-state index contributed by atoms with van der Waals surface area (Å²) in [6.45, 7) is 3.52. The van der Waals surface area contributed by atoms with Crippen molar-refractivity contribution in [1.29, 1.82) is 0 Å². The first-order chi connectivity index (χ1) is 14.1. The van der Waals surface area contributed by atoms with Gasteiger partial charge < -0.3 is 24.4 Å². The van der Waals surface area contributed by atoms with Crippen molar-refractivity contribution in [3.05, 3.63) is 48.3 Å². The topological polar surface area (TPSA) is 86.2 Å². The van der Waals surface area contributed by atoms with Gasteiger partial charge in [-0.05, 0) is 50.2 Å². The van der Waals surface area contributed by atoms with E-state index in [0.717, 1.165) is 31.0 Å². The van der Waals surface area contributed by atoms with Crippen LogP contribution in [0.15, 0.2) is 50.6 Å². The highest BCUT2D eigenvalue weighted by molar-refractivity contribution is 5.84. The molecule has 3 rings (SSSR count). The van der Waals surface area contributed by atoms with E-state index in [1.165, 1.54) is 12.8 Å². The number of carbonyl (C=O) groups excluding carboxylic acids is 1. The predicted octanol–water partition coefficient (Wildman–Crippen LogP) is 1.88. The van der Waals surface area contributed by atoms with Gasteiger partial charge in [0.25, 0.3) is 0 Å². The zero-order valence-corrected chi connectivity index (χ0v) is 17.3. The van der Waals surface area contributed by atoms with E-state index in [1.807, 2.05) is 24.3 Å². The average Bonchev–Trinajstić information content (AvgIpc) is 3.49. The Labute approximate surface area is 171 Å². The minimum Gasteiger partial charge on any atom is -0.469 e. The smallest absolute Gasteiger partial charge is 0.243 e. The molecule has 1 aliphatic rings. The van der Waals surface area contributed by atoms with Crippen LogP contribution in [0.4, 0.5) is 0 Å². The molecule has 1 fully saturated rings. The number of aliphatic imine (C=N–C) groups is 1. The summed E-state index contributed by atoms with van der Waals surface area (Å²) in [5.41, 5.74) is 0. The molecule has 8 nitrogen and oxygen atoms in total. The number of likely N-dealkylation sites (tertiary alicyclic amines) is 1. The van der Waals surface area contributed by atoms with Crippen LogP contribution >= 0.6 is 0 Å². The van der Waals surface area contributed by atoms with E-state index in [0.29, 0.717) is 19.0 Å². The lowest BCUT2D eigenvalue weighted by Crippen LogP contribution is -2.43. The van der Waals surface area contributed by atoms with E-state index in [9.17, 15) is 4.79 Å². The van der Waals surface area contributed by atoms with Gasteiger partial charge in [0.1, 0.15) is 18.1 Å². The van der Waals surface area contributed by atoms with Gasteiger partial charge in [-0.15, -0.1) is 0 Å². The van der Waals surface area contributed by atoms with Crippen LogP contribution < -0.4 is 10.6 Å². The minimum absolute atomic E-state index is 0.0423. The number of rotatable bonds is 9. The summed E-state index contributed by atoms with van der Waals surface area (Å²) in [6.07, 6.45) is 6.53. The van der Waals surface area contributed by atoms with Crippen molar-refractivity contribution in [2.75, 3.05) is 46.8 Å². The quantitative estimate of drug-likeness (QED) is 0.493. The number of nitrogens with zero attached hydrogens (tertiary/aromatic N) is 3. The number of amides is 1. The highest BCUT2D eigenvalue weighted by Gasteiger charge is 2.25. The van der Waals surface area contributed by atoms with Crippen molar-refractivity contribution in [3.8, 4) is 0 Å². The lowest BCUT2D eigenvalue weighted by molar-refractivity contribution is -0.127. The van der Waals surface area contributed by atoms with E-state index in [1.54, 1.807) is 31.5 Å². The lowest BCUT2D eigenvalue weighted by Gasteiger charge is -2.26. The van der Waals surface area contributed by atoms with E-state index < -0.39 is 0 Å². The predicted molar refractivity (Wildman–Crippen MR) is 112 cm³/mol. The van der Waals surface area contributed by atoms with Gasteiger partial charge in [0.2, 0.25) is 5.91 Å². The fourth-order valence-electron chi connectivity index (χ4n) is 3.36. The van der Waals surface area contributed by atoms with E-state index in [2.05, 4.69) is 20.5 Å². The molecule has 3 heterocycles. The van der Waals surface area contributed by atoms with Gasteiger partial charge in [0, 0.05) is 33.6 Å². The summed E-state index contributed by atoms with van der Waals surface area (Å²) in [7, 11) is 3.46. The first-order valence-corrected chi connectivity index (χ1v) is 10.2. The second kappa shape index (κ2) is 10.7. The number of guanidine groups is 1. The molecule has 0 saturated carbocycles. The molecule has 8 heteroatoms. The van der Waals surface area contributed by atoms with E-state index >= 15 is 0 Å². The third kappa shape index (κ3) is 6.39. The van der Waals surface area contributed by atoms with Gasteiger partial charge in [-0.2, -0.15) is 0 Å². The number of hydrogen-bond donors (Lipinski definition) is 2. The molecular weight excluding hydrogens is 370 g/mol. The van der Waals surface area contributed by atoms with Gasteiger partial charge in [-0.1, -0.05) is 0 Å². The summed E-state index contributed by atoms with van der Waals surface area (Å²) in [5, 5.41) is 6.70. The molecule has 158 valence electrons. The average molecular weight is 402 g/mol. The Kier molecular flexibility index (Phi) is 7.75. The standard InChI is InChI=1S/C21H31N5O3/c1-25(2)20(27)16-24-21(22-10-9-17-7-5-13-28-17)23-15-18(19-8-6-14-29-19)26-11-3-4-12-26/h5-8,13-14,18H,3-4,9-12,15-16H2,1-2H3,(H2,22,23,24). The lowest BCUT2D eigenvalue weighted by atomic mass is 10.2. The SMILES string of the molecule is CN(C)C(=O)CN=C(NCCc1ccco1)NCC(c1ccco1)N1CCCC1. The highest BCUT2D eigenvalue weighted by atomic mass is 16.3. The Morgan fingerprint density at radius 2 is 1.93 bits per heavy atom. The maximum absolute atomic E-state index is 12.0. The molecule has 0 bridgehead atoms. The fraction of sp³-hybridized carbons (Fsp3) is 0.524. The van der Waals surface area contributed by atoms with Gasteiger partial charge in [-0.25, -0.2) is 4.99 Å².